The maximum absolute atomic E-state index is 12.8. The van der Waals surface area contributed by atoms with E-state index in [-0.39, 0.29) is 11.9 Å². The molecule has 0 radical (unpaired) electrons. The monoisotopic (exact) mass is 346 g/mol. The number of nitrogens with one attached hydrogen (secondary N) is 1. The van der Waals surface area contributed by atoms with Gasteiger partial charge in [-0.3, -0.25) is 9.78 Å². The molecule has 5 rings (SSSR count). The highest BCUT2D eigenvalue weighted by atomic mass is 16.2. The largest absolute Gasteiger partial charge is 0.346 e. The van der Waals surface area contributed by atoms with Gasteiger partial charge in [0.25, 0.3) is 5.91 Å². The maximum Gasteiger partial charge on any atom is 0.255 e. The van der Waals surface area contributed by atoms with Crippen molar-refractivity contribution in [3.8, 4) is 0 Å². The Kier molecular flexibility index (Phi) is 3.44. The van der Waals surface area contributed by atoms with Crippen LogP contribution in [0.5, 0.6) is 0 Å². The second-order valence-electron chi connectivity index (χ2n) is 6.67. The third kappa shape index (κ3) is 2.35. The van der Waals surface area contributed by atoms with Gasteiger partial charge in [0.15, 0.2) is 0 Å². The van der Waals surface area contributed by atoms with Gasteiger partial charge in [-0.05, 0) is 31.0 Å². The molecule has 26 heavy (non-hydrogen) atoms. The number of imidazole rings is 1. The predicted octanol–water partition coefficient (Wildman–Crippen LogP) is 2.78. The second kappa shape index (κ2) is 5.94. The Bertz CT molecular complexity index is 1080. The Morgan fingerprint density at radius 1 is 1.23 bits per heavy atom. The van der Waals surface area contributed by atoms with Crippen LogP contribution in [0.25, 0.3) is 22.1 Å². The maximum atomic E-state index is 12.8. The lowest BCUT2D eigenvalue weighted by Crippen LogP contribution is -2.40. The summed E-state index contributed by atoms with van der Waals surface area (Å²) in [7, 11) is 0. The molecule has 1 aliphatic heterocycles. The molecule has 1 amide bonds. The summed E-state index contributed by atoms with van der Waals surface area (Å²) in [6.07, 6.45) is 10.9. The number of rotatable bonds is 2. The van der Waals surface area contributed by atoms with E-state index in [2.05, 4.69) is 24.5 Å². The van der Waals surface area contributed by atoms with Crippen LogP contribution in [-0.4, -0.2) is 48.4 Å². The molecule has 1 saturated heterocycles. The van der Waals surface area contributed by atoms with E-state index < -0.39 is 0 Å². The van der Waals surface area contributed by atoms with Gasteiger partial charge < -0.3 is 14.5 Å². The number of likely N-dealkylation sites (tertiary alicyclic amines) is 1. The quantitative estimate of drug-likeness (QED) is 0.605. The summed E-state index contributed by atoms with van der Waals surface area (Å²) in [5.74, 6) is 0.0423. The summed E-state index contributed by atoms with van der Waals surface area (Å²) < 4.78 is 2.20. The number of aromatic nitrogens is 5. The summed E-state index contributed by atoms with van der Waals surface area (Å²) in [4.78, 5) is 30.9. The average molecular weight is 346 g/mol. The van der Waals surface area contributed by atoms with Gasteiger partial charge in [0.2, 0.25) is 0 Å². The molecule has 1 aliphatic rings. The minimum Gasteiger partial charge on any atom is -0.346 e. The number of hydrogen-bond donors (Lipinski definition) is 1. The SMILES string of the molecule is O=C(c1cccnc1)N1CCCC(n2cnc3cnc4[nH]ccc4c32)C1. The van der Waals surface area contributed by atoms with Crippen LogP contribution in [0.2, 0.25) is 0 Å². The normalized spacial score (nSPS) is 17.8. The third-order valence-electron chi connectivity index (χ3n) is 5.10. The van der Waals surface area contributed by atoms with Gasteiger partial charge in [0.05, 0.1) is 29.6 Å². The molecule has 7 heteroatoms. The predicted molar refractivity (Wildman–Crippen MR) is 97.8 cm³/mol. The molecule has 1 unspecified atom stereocenters. The first-order valence-corrected chi connectivity index (χ1v) is 8.79. The van der Waals surface area contributed by atoms with E-state index in [9.17, 15) is 4.79 Å². The lowest BCUT2D eigenvalue weighted by molar-refractivity contribution is 0.0681. The molecule has 1 atom stereocenters. The zero-order valence-electron chi connectivity index (χ0n) is 14.2. The van der Waals surface area contributed by atoms with Crippen LogP contribution in [0.3, 0.4) is 0 Å². The second-order valence-corrected chi connectivity index (χ2v) is 6.67. The first-order valence-electron chi connectivity index (χ1n) is 8.79. The zero-order chi connectivity index (χ0) is 17.5. The minimum atomic E-state index is 0.0423. The van der Waals surface area contributed by atoms with Crippen molar-refractivity contribution in [3.05, 3.63) is 54.9 Å². The summed E-state index contributed by atoms with van der Waals surface area (Å²) in [5, 5.41) is 1.07. The lowest BCUT2D eigenvalue weighted by atomic mass is 10.0. The van der Waals surface area contributed by atoms with Crippen molar-refractivity contribution < 1.29 is 4.79 Å². The van der Waals surface area contributed by atoms with Crippen molar-refractivity contribution in [1.82, 2.24) is 29.4 Å². The molecule has 130 valence electrons. The lowest BCUT2D eigenvalue weighted by Gasteiger charge is -2.33. The number of hydrogen-bond acceptors (Lipinski definition) is 4. The Hall–Kier alpha value is -3.22. The Labute approximate surface area is 149 Å². The number of carbonyl (C=O) groups is 1. The Morgan fingerprint density at radius 2 is 2.19 bits per heavy atom. The molecule has 1 fully saturated rings. The van der Waals surface area contributed by atoms with E-state index >= 15 is 0 Å². The molecule has 5 heterocycles. The van der Waals surface area contributed by atoms with Gasteiger partial charge in [0, 0.05) is 37.1 Å². The molecule has 4 aromatic rings. The highest BCUT2D eigenvalue weighted by molar-refractivity contribution is 6.01. The topological polar surface area (TPSA) is 79.7 Å². The number of amides is 1. The van der Waals surface area contributed by atoms with E-state index in [0.717, 1.165) is 41.5 Å². The number of nitrogens with zero attached hydrogens (tertiary/aromatic N) is 5. The minimum absolute atomic E-state index is 0.0423. The zero-order valence-corrected chi connectivity index (χ0v) is 14.2. The number of H-pyrrole nitrogens is 1. The molecular weight excluding hydrogens is 328 g/mol. The number of pyridine rings is 2. The van der Waals surface area contributed by atoms with Crippen molar-refractivity contribution in [2.45, 2.75) is 18.9 Å². The summed E-state index contributed by atoms with van der Waals surface area (Å²) in [6.45, 7) is 1.45. The molecule has 1 N–H and O–H groups in total. The van der Waals surface area contributed by atoms with E-state index in [1.807, 2.05) is 29.6 Å². The van der Waals surface area contributed by atoms with Crippen LogP contribution in [0.4, 0.5) is 0 Å². The highest BCUT2D eigenvalue weighted by Gasteiger charge is 2.27. The van der Waals surface area contributed by atoms with Crippen LogP contribution < -0.4 is 0 Å². The molecule has 0 bridgehead atoms. The van der Waals surface area contributed by atoms with Crippen LogP contribution in [0.15, 0.2) is 49.3 Å². The van der Waals surface area contributed by atoms with E-state index in [1.165, 1.54) is 0 Å². The number of fused-ring (bicyclic) bond motifs is 3. The van der Waals surface area contributed by atoms with Gasteiger partial charge in [-0.2, -0.15) is 0 Å². The Morgan fingerprint density at radius 3 is 3.08 bits per heavy atom. The fourth-order valence-corrected chi connectivity index (χ4v) is 3.85. The molecule has 7 nitrogen and oxygen atoms in total. The van der Waals surface area contributed by atoms with Crippen LogP contribution in [-0.2, 0) is 0 Å². The smallest absolute Gasteiger partial charge is 0.255 e. The molecule has 0 saturated carbocycles. The van der Waals surface area contributed by atoms with Crippen molar-refractivity contribution in [2.75, 3.05) is 13.1 Å². The van der Waals surface area contributed by atoms with Crippen LogP contribution in [0, 0.1) is 0 Å². The third-order valence-corrected chi connectivity index (χ3v) is 5.10. The van der Waals surface area contributed by atoms with Gasteiger partial charge in [-0.1, -0.05) is 0 Å². The van der Waals surface area contributed by atoms with Crippen molar-refractivity contribution in [1.29, 1.82) is 0 Å². The first kappa shape index (κ1) is 15.1. The van der Waals surface area contributed by atoms with E-state index in [4.69, 9.17) is 0 Å². The molecule has 0 spiro atoms. The molecule has 0 aliphatic carbocycles. The molecule has 4 aromatic heterocycles. The fraction of sp³-hybridized carbons (Fsp3) is 0.263. The van der Waals surface area contributed by atoms with Gasteiger partial charge in [-0.25, -0.2) is 9.97 Å². The Balaban J connectivity index is 1.50. The average Bonchev–Trinajstić information content (AvgIpc) is 3.34. The number of piperidine rings is 1. The van der Waals surface area contributed by atoms with Crippen molar-refractivity contribution in [2.24, 2.45) is 0 Å². The summed E-state index contributed by atoms with van der Waals surface area (Å²) in [6, 6.07) is 5.85. The standard InChI is InChI=1S/C19H18N6O/c26-19(13-3-1-6-20-9-13)24-8-2-4-14(11-24)25-12-23-16-10-22-18-15(17(16)25)5-7-21-18/h1,3,5-7,9-10,12,14H,2,4,8,11H2,(H,21,22). The number of carbonyl (C=O) groups excluding carboxylic acids is 1. The summed E-state index contributed by atoms with van der Waals surface area (Å²) in [5.41, 5.74) is 3.46. The molecule has 0 aromatic carbocycles. The fourth-order valence-electron chi connectivity index (χ4n) is 3.85. The van der Waals surface area contributed by atoms with Gasteiger partial charge in [0.1, 0.15) is 11.2 Å². The van der Waals surface area contributed by atoms with Gasteiger partial charge >= 0.3 is 0 Å². The van der Waals surface area contributed by atoms with E-state index in [1.54, 1.807) is 24.7 Å². The van der Waals surface area contributed by atoms with E-state index in [0.29, 0.717) is 12.1 Å². The number of aromatic amines is 1. The van der Waals surface area contributed by atoms with Crippen LogP contribution >= 0.6 is 0 Å². The molecular formula is C19H18N6O. The van der Waals surface area contributed by atoms with Crippen molar-refractivity contribution in [3.63, 3.8) is 0 Å². The van der Waals surface area contributed by atoms with Crippen LogP contribution in [0.1, 0.15) is 29.2 Å². The highest BCUT2D eigenvalue weighted by Crippen LogP contribution is 2.29. The first-order chi connectivity index (χ1) is 12.8. The van der Waals surface area contributed by atoms with Gasteiger partial charge in [-0.15, -0.1) is 0 Å². The summed E-state index contributed by atoms with van der Waals surface area (Å²) >= 11 is 0. The van der Waals surface area contributed by atoms with Crippen molar-refractivity contribution >= 4 is 28.0 Å².